The second-order valence-corrected chi connectivity index (χ2v) is 8.22. The Labute approximate surface area is 200 Å². The quantitative estimate of drug-likeness (QED) is 0.112. The molecule has 0 aromatic carbocycles. The number of hydrogen-bond acceptors (Lipinski definition) is 5. The minimum absolute atomic E-state index is 0.0887. The molecule has 2 atom stereocenters. The van der Waals surface area contributed by atoms with Gasteiger partial charge in [0.2, 0.25) is 0 Å². The van der Waals surface area contributed by atoms with E-state index in [1.54, 1.807) is 20.8 Å². The molecule has 0 fully saturated rings. The second-order valence-electron chi connectivity index (χ2n) is 8.22. The highest BCUT2D eigenvalue weighted by Crippen LogP contribution is 2.47. The Morgan fingerprint density at radius 2 is 1.54 bits per heavy atom. The lowest BCUT2D eigenvalue weighted by molar-refractivity contribution is -0.349. The molecule has 0 aromatic heterocycles. The fraction of sp³-hybridized carbons (Fsp3) is 0.739. The third kappa shape index (κ3) is 8.80. The van der Waals surface area contributed by atoms with E-state index in [1.807, 2.05) is 6.08 Å². The zero-order valence-electron chi connectivity index (χ0n) is 20.7. The number of carbonyl (C=O) groups excluding carboxylic acids is 2. The number of allylic oxidation sites excluding steroid dienone is 3. The Kier molecular flexibility index (Phi) is 12.5. The van der Waals surface area contributed by atoms with Crippen LogP contribution in [-0.2, 0) is 23.8 Å². The van der Waals surface area contributed by atoms with Gasteiger partial charge in [0.15, 0.2) is 0 Å². The fourth-order valence-corrected chi connectivity index (χ4v) is 3.08. The monoisotopic (exact) mass is 522 g/mol. The van der Waals surface area contributed by atoms with Crippen LogP contribution in [0.5, 0.6) is 0 Å². The van der Waals surface area contributed by atoms with Crippen LogP contribution >= 0.6 is 0 Å². The summed E-state index contributed by atoms with van der Waals surface area (Å²) in [6, 6.07) is 0. The number of alkyl halides is 7. The molecule has 0 saturated heterocycles. The molecule has 0 saturated carbocycles. The topological polar surface area (TPSA) is 61.8 Å². The van der Waals surface area contributed by atoms with Crippen molar-refractivity contribution in [2.24, 2.45) is 0 Å². The van der Waals surface area contributed by atoms with Crippen molar-refractivity contribution in [2.45, 2.75) is 95.9 Å². The van der Waals surface area contributed by atoms with Crippen molar-refractivity contribution < 1.29 is 54.5 Å². The molecular formula is C23H33F7O5. The van der Waals surface area contributed by atoms with Crippen LogP contribution in [0.3, 0.4) is 0 Å². The molecule has 0 radical (unpaired) electrons. The molecule has 0 aliphatic heterocycles. The van der Waals surface area contributed by atoms with Crippen LogP contribution in [-0.4, -0.2) is 55.9 Å². The summed E-state index contributed by atoms with van der Waals surface area (Å²) >= 11 is 0. The van der Waals surface area contributed by atoms with Gasteiger partial charge in [0, 0.05) is 13.2 Å². The van der Waals surface area contributed by atoms with Crippen molar-refractivity contribution in [3.05, 3.63) is 23.3 Å². The van der Waals surface area contributed by atoms with Crippen LogP contribution in [0.2, 0.25) is 0 Å². The van der Waals surface area contributed by atoms with Crippen LogP contribution in [0.4, 0.5) is 30.7 Å². The molecular weight excluding hydrogens is 489 g/mol. The fourth-order valence-electron chi connectivity index (χ4n) is 3.08. The summed E-state index contributed by atoms with van der Waals surface area (Å²) in [5.41, 5.74) is 0.137. The van der Waals surface area contributed by atoms with E-state index in [1.165, 1.54) is 27.2 Å². The molecule has 0 spiro atoms. The van der Waals surface area contributed by atoms with E-state index in [-0.39, 0.29) is 19.3 Å². The van der Waals surface area contributed by atoms with Crippen molar-refractivity contribution >= 4 is 11.9 Å². The Bertz CT molecular complexity index is 769. The van der Waals surface area contributed by atoms with Crippen molar-refractivity contribution in [3.8, 4) is 0 Å². The molecule has 0 amide bonds. The van der Waals surface area contributed by atoms with Crippen molar-refractivity contribution in [3.63, 3.8) is 0 Å². The van der Waals surface area contributed by atoms with Crippen molar-refractivity contribution in [1.82, 2.24) is 0 Å². The van der Waals surface area contributed by atoms with Gasteiger partial charge in [-0.3, -0.25) is 0 Å². The summed E-state index contributed by atoms with van der Waals surface area (Å²) < 4.78 is 106. The van der Waals surface area contributed by atoms with Gasteiger partial charge < -0.3 is 14.2 Å². The van der Waals surface area contributed by atoms with Gasteiger partial charge >= 0.3 is 30.0 Å². The van der Waals surface area contributed by atoms with Gasteiger partial charge in [0.25, 0.3) is 0 Å². The van der Waals surface area contributed by atoms with Gasteiger partial charge in [-0.05, 0) is 52.4 Å². The number of hydrogen-bond donors (Lipinski definition) is 0. The SMILES string of the molecule is CC/C(=C\CC/C(C)=C/C(=O)OC)CCC(OC(=O)C(F)(F)C(F)(F)C(F)(F)F)C(C)(CC)OC. The molecule has 0 aliphatic rings. The van der Waals surface area contributed by atoms with Gasteiger partial charge in [0.05, 0.1) is 7.11 Å². The van der Waals surface area contributed by atoms with Gasteiger partial charge in [-0.1, -0.05) is 31.1 Å². The average Bonchev–Trinajstić information content (AvgIpc) is 2.78. The molecule has 0 rings (SSSR count). The zero-order valence-corrected chi connectivity index (χ0v) is 20.7. The largest absolute Gasteiger partial charge is 0.466 e. The van der Waals surface area contributed by atoms with E-state index in [0.717, 1.165) is 11.1 Å². The van der Waals surface area contributed by atoms with Gasteiger partial charge in [-0.15, -0.1) is 0 Å². The Balaban J connectivity index is 5.64. The summed E-state index contributed by atoms with van der Waals surface area (Å²) in [7, 11) is 2.43. The lowest BCUT2D eigenvalue weighted by Crippen LogP contribution is -2.58. The van der Waals surface area contributed by atoms with Crippen molar-refractivity contribution in [1.29, 1.82) is 0 Å². The van der Waals surface area contributed by atoms with E-state index in [0.29, 0.717) is 19.3 Å². The van der Waals surface area contributed by atoms with E-state index in [9.17, 15) is 40.3 Å². The van der Waals surface area contributed by atoms with Crippen LogP contribution in [0.1, 0.15) is 66.2 Å². The maximum atomic E-state index is 13.8. The maximum Gasteiger partial charge on any atom is 0.460 e. The standard InChI is InChI=1S/C23H33F7O5/c1-7-16(11-9-10-15(3)14-18(31)33-5)12-13-17(20(4,8-2)34-6)35-19(32)21(24,25)22(26,27)23(28,29)30/h11,14,17H,7-10,12-13H2,1-6H3/b15-14+,16-11+. The normalized spacial score (nSPS) is 16.5. The first-order chi connectivity index (χ1) is 15.9. The van der Waals surface area contributed by atoms with E-state index < -0.39 is 41.7 Å². The van der Waals surface area contributed by atoms with Gasteiger partial charge in [-0.2, -0.15) is 30.7 Å². The molecule has 0 aliphatic carbocycles. The highest BCUT2D eigenvalue weighted by atomic mass is 19.4. The molecule has 0 N–H and O–H groups in total. The molecule has 0 heterocycles. The molecule has 204 valence electrons. The van der Waals surface area contributed by atoms with E-state index >= 15 is 0 Å². The van der Waals surface area contributed by atoms with Crippen LogP contribution in [0, 0.1) is 0 Å². The zero-order chi connectivity index (χ0) is 27.7. The van der Waals surface area contributed by atoms with Crippen LogP contribution < -0.4 is 0 Å². The minimum Gasteiger partial charge on any atom is -0.466 e. The Hall–Kier alpha value is -2.11. The van der Waals surface area contributed by atoms with Gasteiger partial charge in [0.1, 0.15) is 11.7 Å². The predicted octanol–water partition coefficient (Wildman–Crippen LogP) is 6.56. The summed E-state index contributed by atoms with van der Waals surface area (Å²) in [6.07, 6.45) is -3.38. The minimum atomic E-state index is -6.65. The lowest BCUT2D eigenvalue weighted by atomic mass is 9.90. The first-order valence-corrected chi connectivity index (χ1v) is 10.9. The number of esters is 2. The molecule has 0 aromatic rings. The summed E-state index contributed by atoms with van der Waals surface area (Å²) in [4.78, 5) is 23.1. The Morgan fingerprint density at radius 3 is 1.97 bits per heavy atom. The number of methoxy groups -OCH3 is 2. The number of carbonyl (C=O) groups is 2. The predicted molar refractivity (Wildman–Crippen MR) is 114 cm³/mol. The summed E-state index contributed by atoms with van der Waals surface area (Å²) in [6.45, 7) is 6.46. The number of halogens is 7. The Morgan fingerprint density at radius 1 is 0.971 bits per heavy atom. The van der Waals surface area contributed by atoms with E-state index in [2.05, 4.69) is 9.47 Å². The molecule has 12 heteroatoms. The highest BCUT2D eigenvalue weighted by Gasteiger charge is 2.77. The molecule has 5 nitrogen and oxygen atoms in total. The van der Waals surface area contributed by atoms with Crippen LogP contribution in [0.15, 0.2) is 23.3 Å². The maximum absolute atomic E-state index is 13.8. The first kappa shape index (κ1) is 32.9. The molecule has 35 heavy (non-hydrogen) atoms. The first-order valence-electron chi connectivity index (χ1n) is 10.9. The second kappa shape index (κ2) is 13.3. The third-order valence-corrected chi connectivity index (χ3v) is 5.82. The van der Waals surface area contributed by atoms with Crippen molar-refractivity contribution in [2.75, 3.05) is 14.2 Å². The smallest absolute Gasteiger partial charge is 0.460 e. The van der Waals surface area contributed by atoms with Crippen LogP contribution in [0.25, 0.3) is 0 Å². The number of rotatable bonds is 14. The van der Waals surface area contributed by atoms with E-state index in [4.69, 9.17) is 4.74 Å². The van der Waals surface area contributed by atoms with Gasteiger partial charge in [-0.25, -0.2) is 9.59 Å². The number of ether oxygens (including phenoxy) is 3. The highest BCUT2D eigenvalue weighted by molar-refractivity contribution is 5.82. The lowest BCUT2D eigenvalue weighted by Gasteiger charge is -2.37. The summed E-state index contributed by atoms with van der Waals surface area (Å²) in [5.74, 6) is -16.2. The summed E-state index contributed by atoms with van der Waals surface area (Å²) in [5, 5.41) is 0. The third-order valence-electron chi connectivity index (χ3n) is 5.82. The molecule has 0 bridgehead atoms. The molecule has 2 unspecified atom stereocenters. The average molecular weight is 522 g/mol.